The zero-order valence-electron chi connectivity index (χ0n) is 15.3. The number of rotatable bonds is 11. The van der Waals surface area contributed by atoms with Crippen LogP contribution in [0.2, 0.25) is 0 Å². The quantitative estimate of drug-likeness (QED) is 0.295. The molecule has 146 valence electrons. The van der Waals surface area contributed by atoms with Gasteiger partial charge in [-0.15, -0.1) is 0 Å². The Bertz CT molecular complexity index is 522. The summed E-state index contributed by atoms with van der Waals surface area (Å²) in [4.78, 5) is 22.1. The van der Waals surface area contributed by atoms with Gasteiger partial charge in [0.25, 0.3) is 0 Å². The fourth-order valence-corrected chi connectivity index (χ4v) is 2.76. The summed E-state index contributed by atoms with van der Waals surface area (Å²) in [7, 11) is 0. The molecule has 0 spiro atoms. The lowest BCUT2D eigenvalue weighted by atomic mass is 9.87. The number of aliphatic hydroxyl groups is 2. The summed E-state index contributed by atoms with van der Waals surface area (Å²) in [5.74, 6) is -1.54. The Balaban J connectivity index is 2.58. The van der Waals surface area contributed by atoms with Crippen molar-refractivity contribution >= 4 is 11.9 Å². The molecule has 3 N–H and O–H groups in total. The molecule has 0 aromatic rings. The Morgan fingerprint density at radius 1 is 1.31 bits per heavy atom. The molecule has 1 aliphatic heterocycles. The number of allylic oxidation sites excluding steroid dienone is 3. The maximum absolute atomic E-state index is 11.6. The van der Waals surface area contributed by atoms with E-state index in [0.29, 0.717) is 25.7 Å². The van der Waals surface area contributed by atoms with Gasteiger partial charge in [0.05, 0.1) is 18.6 Å². The van der Waals surface area contributed by atoms with Crippen LogP contribution in [0.4, 0.5) is 0 Å². The maximum Gasteiger partial charge on any atom is 0.309 e. The lowest BCUT2D eigenvalue weighted by Gasteiger charge is -2.32. The van der Waals surface area contributed by atoms with E-state index >= 15 is 0 Å². The summed E-state index contributed by atoms with van der Waals surface area (Å²) in [6.07, 6.45) is 12.1. The summed E-state index contributed by atoms with van der Waals surface area (Å²) in [6, 6.07) is 0. The molecule has 1 rings (SSSR count). The Kier molecular flexibility index (Phi) is 10.6. The van der Waals surface area contributed by atoms with Gasteiger partial charge in [0.15, 0.2) is 0 Å². The van der Waals surface area contributed by atoms with E-state index in [1.54, 1.807) is 12.2 Å². The van der Waals surface area contributed by atoms with Crippen molar-refractivity contribution in [2.75, 3.05) is 0 Å². The average Bonchev–Trinajstić information content (AvgIpc) is 2.57. The average molecular weight is 366 g/mol. The van der Waals surface area contributed by atoms with Crippen LogP contribution >= 0.6 is 0 Å². The van der Waals surface area contributed by atoms with E-state index in [1.165, 1.54) is 0 Å². The number of carbonyl (C=O) groups is 2. The second-order valence-corrected chi connectivity index (χ2v) is 6.45. The van der Waals surface area contributed by atoms with Crippen LogP contribution < -0.4 is 0 Å². The van der Waals surface area contributed by atoms with E-state index in [1.807, 2.05) is 31.2 Å². The number of hydrogen-bond acceptors (Lipinski definition) is 5. The summed E-state index contributed by atoms with van der Waals surface area (Å²) in [5, 5.41) is 28.7. The minimum Gasteiger partial charge on any atom is -0.481 e. The Labute approximate surface area is 154 Å². The molecule has 0 radical (unpaired) electrons. The number of unbranched alkanes of at least 4 members (excludes halogenated alkanes) is 1. The highest BCUT2D eigenvalue weighted by atomic mass is 16.5. The standard InChI is InChI=1S/C20H30O6/c1-2-3-6-9-15(21)12-13-18-16(17(22)14-20(25)26-18)10-7-4-5-8-11-19(23)24/h3-4,6-7,12-13,15-18,21-22H,2,5,8-11,14H2,1H3,(H,23,24)/b6-3?,7-4?,13-12+/t15-,16-,17-,18+/m0/s1. The predicted octanol–water partition coefficient (Wildman–Crippen LogP) is 2.75. The van der Waals surface area contributed by atoms with Gasteiger partial charge < -0.3 is 20.1 Å². The van der Waals surface area contributed by atoms with Crippen LogP contribution in [-0.4, -0.2) is 45.6 Å². The first-order chi connectivity index (χ1) is 12.4. The first-order valence-corrected chi connectivity index (χ1v) is 9.19. The Hall–Kier alpha value is -1.92. The molecule has 0 unspecified atom stereocenters. The number of aliphatic hydroxyl groups excluding tert-OH is 2. The third kappa shape index (κ3) is 8.97. The van der Waals surface area contributed by atoms with Crippen LogP contribution in [0.3, 0.4) is 0 Å². The Morgan fingerprint density at radius 2 is 2.08 bits per heavy atom. The van der Waals surface area contributed by atoms with E-state index in [0.717, 1.165) is 6.42 Å². The topological polar surface area (TPSA) is 104 Å². The van der Waals surface area contributed by atoms with Crippen LogP contribution in [0, 0.1) is 5.92 Å². The highest BCUT2D eigenvalue weighted by Gasteiger charge is 2.35. The molecule has 0 saturated carbocycles. The molecule has 6 heteroatoms. The number of carboxylic acids is 1. The molecule has 0 bridgehead atoms. The molecule has 26 heavy (non-hydrogen) atoms. The molecule has 0 aromatic carbocycles. The first kappa shape index (κ1) is 22.1. The number of carboxylic acid groups (broad SMARTS) is 1. The molecule has 1 fully saturated rings. The van der Waals surface area contributed by atoms with Crippen molar-refractivity contribution in [3.05, 3.63) is 36.5 Å². The van der Waals surface area contributed by atoms with Crippen LogP contribution in [0.1, 0.15) is 51.9 Å². The number of cyclic esters (lactones) is 1. The molecule has 0 aromatic heterocycles. The van der Waals surface area contributed by atoms with Crippen LogP contribution in [0.25, 0.3) is 0 Å². The van der Waals surface area contributed by atoms with Gasteiger partial charge in [0, 0.05) is 12.3 Å². The molecule has 1 saturated heterocycles. The Morgan fingerprint density at radius 3 is 2.77 bits per heavy atom. The van der Waals surface area contributed by atoms with Crippen molar-refractivity contribution in [3.8, 4) is 0 Å². The molecule has 0 amide bonds. The van der Waals surface area contributed by atoms with Gasteiger partial charge in [-0.3, -0.25) is 9.59 Å². The van der Waals surface area contributed by atoms with Crippen molar-refractivity contribution in [3.63, 3.8) is 0 Å². The van der Waals surface area contributed by atoms with Gasteiger partial charge in [0.1, 0.15) is 6.10 Å². The first-order valence-electron chi connectivity index (χ1n) is 9.19. The molecular formula is C20H30O6. The molecule has 4 atom stereocenters. The summed E-state index contributed by atoms with van der Waals surface area (Å²) in [5.41, 5.74) is 0. The van der Waals surface area contributed by atoms with Crippen LogP contribution in [-0.2, 0) is 14.3 Å². The minimum absolute atomic E-state index is 0.0380. The minimum atomic E-state index is -0.814. The third-order valence-electron chi connectivity index (χ3n) is 4.20. The van der Waals surface area contributed by atoms with Crippen molar-refractivity contribution in [2.45, 2.75) is 70.2 Å². The third-order valence-corrected chi connectivity index (χ3v) is 4.20. The lowest BCUT2D eigenvalue weighted by molar-refractivity contribution is -0.163. The van der Waals surface area contributed by atoms with E-state index in [4.69, 9.17) is 9.84 Å². The number of aliphatic carboxylic acids is 1. The smallest absolute Gasteiger partial charge is 0.309 e. The van der Waals surface area contributed by atoms with E-state index in [-0.39, 0.29) is 18.8 Å². The molecular weight excluding hydrogens is 336 g/mol. The fraction of sp³-hybridized carbons (Fsp3) is 0.600. The largest absolute Gasteiger partial charge is 0.481 e. The molecule has 1 aliphatic rings. The zero-order chi connectivity index (χ0) is 19.4. The number of esters is 1. The fourth-order valence-electron chi connectivity index (χ4n) is 2.76. The van der Waals surface area contributed by atoms with Gasteiger partial charge in [-0.1, -0.05) is 37.3 Å². The second kappa shape index (κ2) is 12.4. The lowest BCUT2D eigenvalue weighted by Crippen LogP contribution is -2.41. The highest BCUT2D eigenvalue weighted by molar-refractivity contribution is 5.71. The van der Waals surface area contributed by atoms with Crippen molar-refractivity contribution in [2.24, 2.45) is 5.92 Å². The number of hydrogen-bond donors (Lipinski definition) is 3. The summed E-state index contributed by atoms with van der Waals surface area (Å²) < 4.78 is 5.33. The molecule has 0 aliphatic carbocycles. The summed E-state index contributed by atoms with van der Waals surface area (Å²) >= 11 is 0. The van der Waals surface area contributed by atoms with Gasteiger partial charge in [0.2, 0.25) is 0 Å². The van der Waals surface area contributed by atoms with Crippen molar-refractivity contribution in [1.29, 1.82) is 0 Å². The highest BCUT2D eigenvalue weighted by Crippen LogP contribution is 2.27. The van der Waals surface area contributed by atoms with Crippen LogP contribution in [0.15, 0.2) is 36.5 Å². The zero-order valence-corrected chi connectivity index (χ0v) is 15.3. The number of ether oxygens (including phenoxy) is 1. The molecule has 6 nitrogen and oxygen atoms in total. The van der Waals surface area contributed by atoms with Crippen molar-refractivity contribution in [1.82, 2.24) is 0 Å². The summed E-state index contributed by atoms with van der Waals surface area (Å²) in [6.45, 7) is 2.02. The van der Waals surface area contributed by atoms with E-state index < -0.39 is 30.3 Å². The van der Waals surface area contributed by atoms with Crippen molar-refractivity contribution < 1.29 is 29.6 Å². The van der Waals surface area contributed by atoms with Gasteiger partial charge in [-0.25, -0.2) is 0 Å². The normalized spacial score (nSPS) is 25.2. The van der Waals surface area contributed by atoms with Gasteiger partial charge >= 0.3 is 11.9 Å². The predicted molar refractivity (Wildman–Crippen MR) is 98.4 cm³/mol. The van der Waals surface area contributed by atoms with E-state index in [2.05, 4.69) is 0 Å². The molecule has 1 heterocycles. The van der Waals surface area contributed by atoms with Crippen LogP contribution in [0.5, 0.6) is 0 Å². The number of carbonyl (C=O) groups excluding carboxylic acids is 1. The second-order valence-electron chi connectivity index (χ2n) is 6.45. The van der Waals surface area contributed by atoms with Gasteiger partial charge in [-0.05, 0) is 38.2 Å². The SMILES string of the molecule is CCC=CC[C@H](O)/C=C/[C@H]1OC(=O)C[C@H](O)[C@@H]1CC=CCCCC(=O)O. The maximum atomic E-state index is 11.6. The van der Waals surface area contributed by atoms with E-state index in [9.17, 15) is 19.8 Å². The monoisotopic (exact) mass is 366 g/mol. The van der Waals surface area contributed by atoms with Gasteiger partial charge in [-0.2, -0.15) is 0 Å².